The number of halogens is 3. The number of ether oxygens (including phenoxy) is 1. The van der Waals surface area contributed by atoms with Gasteiger partial charge >= 0.3 is 6.18 Å². The third-order valence-corrected chi connectivity index (χ3v) is 8.53. The molecule has 1 aromatic carbocycles. The maximum Gasteiger partial charge on any atom is 0.421 e. The lowest BCUT2D eigenvalue weighted by Crippen LogP contribution is -2.37. The van der Waals surface area contributed by atoms with Crippen molar-refractivity contribution >= 4 is 45.1 Å². The Morgan fingerprint density at radius 3 is 2.46 bits per heavy atom. The van der Waals surface area contributed by atoms with Gasteiger partial charge in [-0.15, -0.1) is 0 Å². The maximum absolute atomic E-state index is 13.9. The van der Waals surface area contributed by atoms with Crippen LogP contribution in [-0.4, -0.2) is 78.6 Å². The summed E-state index contributed by atoms with van der Waals surface area (Å²) in [5.74, 6) is -1.86. The number of anilines is 4. The van der Waals surface area contributed by atoms with Crippen LogP contribution in [-0.2, 0) is 27.5 Å². The lowest BCUT2D eigenvalue weighted by molar-refractivity contribution is -0.137. The molecule has 1 aliphatic rings. The number of primary amides is 1. The van der Waals surface area contributed by atoms with Gasteiger partial charge in [-0.2, -0.15) is 18.2 Å². The molecule has 0 spiro atoms. The molecule has 3 aromatic rings. The van der Waals surface area contributed by atoms with Crippen LogP contribution in [0.3, 0.4) is 0 Å². The predicted molar refractivity (Wildman–Crippen MR) is 163 cm³/mol. The molecular weight excluding hydrogens is 631 g/mol. The van der Waals surface area contributed by atoms with E-state index < -0.39 is 33.5 Å². The summed E-state index contributed by atoms with van der Waals surface area (Å²) in [5.41, 5.74) is 5.48. The standard InChI is InChI=1S/C28H32F3N9O5S/c1-5-21(41)40-12-8-16(9-13-40)22-17(24(32)42)6-7-19(23(22)45-3)37-27-36-14-18(28(29,30)31)25(38-27)35-15-20-26(34-11-10-33-20)39(2)46(4,43)44/h5-7,10-11,14,16H,1,8-9,12-13,15H2,2-4H3,(H2,32,42)(H2,35,36,37,38). The molecule has 1 fully saturated rings. The number of piperidine rings is 1. The van der Waals surface area contributed by atoms with Crippen LogP contribution in [0.4, 0.5) is 36.4 Å². The second-order valence-corrected chi connectivity index (χ2v) is 12.3. The molecule has 2 amide bonds. The Kier molecular flexibility index (Phi) is 9.98. The number of hydrogen-bond donors (Lipinski definition) is 3. The van der Waals surface area contributed by atoms with Gasteiger partial charge in [0.15, 0.2) is 5.82 Å². The average molecular weight is 664 g/mol. The number of aromatic nitrogens is 4. The number of nitrogens with zero attached hydrogens (tertiary/aromatic N) is 6. The Balaban J connectivity index is 1.68. The average Bonchev–Trinajstić information content (AvgIpc) is 3.02. The molecule has 2 aromatic heterocycles. The molecule has 4 rings (SSSR count). The quantitative estimate of drug-likeness (QED) is 0.256. The molecule has 4 N–H and O–H groups in total. The number of nitrogens with two attached hydrogens (primary N) is 1. The lowest BCUT2D eigenvalue weighted by Gasteiger charge is -2.33. The fraction of sp³-hybridized carbons (Fsp3) is 0.357. The molecule has 46 heavy (non-hydrogen) atoms. The second kappa shape index (κ2) is 13.6. The highest BCUT2D eigenvalue weighted by Gasteiger charge is 2.36. The number of carbonyl (C=O) groups excluding carboxylic acids is 2. The Morgan fingerprint density at radius 2 is 1.87 bits per heavy atom. The van der Waals surface area contributed by atoms with E-state index in [1.165, 1.54) is 44.8 Å². The zero-order valence-corrected chi connectivity index (χ0v) is 25.9. The first kappa shape index (κ1) is 33.9. The van der Waals surface area contributed by atoms with Crippen molar-refractivity contribution in [3.63, 3.8) is 0 Å². The third kappa shape index (κ3) is 7.44. The number of likely N-dealkylation sites (tertiary alicyclic amines) is 1. The molecular formula is C28H32F3N9O5S. The number of rotatable bonds is 11. The van der Waals surface area contributed by atoms with Crippen LogP contribution in [0.2, 0.25) is 0 Å². The van der Waals surface area contributed by atoms with Crippen LogP contribution in [0.15, 0.2) is 43.4 Å². The first-order valence-corrected chi connectivity index (χ1v) is 15.6. The molecule has 246 valence electrons. The minimum absolute atomic E-state index is 0.0471. The monoisotopic (exact) mass is 663 g/mol. The number of alkyl halides is 3. The highest BCUT2D eigenvalue weighted by atomic mass is 32.2. The maximum atomic E-state index is 13.9. The first-order chi connectivity index (χ1) is 21.6. The Labute approximate surface area is 262 Å². The molecule has 0 saturated carbocycles. The van der Waals surface area contributed by atoms with Gasteiger partial charge in [0.25, 0.3) is 0 Å². The number of amides is 2. The number of methoxy groups -OCH3 is 1. The van der Waals surface area contributed by atoms with Crippen molar-refractivity contribution < 1.29 is 35.9 Å². The summed E-state index contributed by atoms with van der Waals surface area (Å²) in [4.78, 5) is 42.1. The minimum atomic E-state index is -4.84. The predicted octanol–water partition coefficient (Wildman–Crippen LogP) is 3.04. The van der Waals surface area contributed by atoms with Crippen molar-refractivity contribution in [1.82, 2.24) is 24.8 Å². The molecule has 0 atom stereocenters. The van der Waals surface area contributed by atoms with Crippen molar-refractivity contribution in [1.29, 1.82) is 0 Å². The number of benzene rings is 1. The van der Waals surface area contributed by atoms with Crippen LogP contribution in [0.1, 0.15) is 45.9 Å². The van der Waals surface area contributed by atoms with Crippen LogP contribution in [0.5, 0.6) is 5.75 Å². The van der Waals surface area contributed by atoms with Gasteiger partial charge in [-0.25, -0.2) is 18.4 Å². The molecule has 0 radical (unpaired) electrons. The molecule has 14 nitrogen and oxygen atoms in total. The van der Waals surface area contributed by atoms with Crippen LogP contribution >= 0.6 is 0 Å². The Morgan fingerprint density at radius 1 is 1.20 bits per heavy atom. The molecule has 1 saturated heterocycles. The van der Waals surface area contributed by atoms with E-state index in [1.54, 1.807) is 4.90 Å². The van der Waals surface area contributed by atoms with Crippen molar-refractivity contribution in [2.45, 2.75) is 31.5 Å². The summed E-state index contributed by atoms with van der Waals surface area (Å²) in [6.07, 6.45) is 1.44. The van der Waals surface area contributed by atoms with Crippen molar-refractivity contribution in [2.24, 2.45) is 5.73 Å². The molecule has 3 heterocycles. The summed E-state index contributed by atoms with van der Waals surface area (Å²) < 4.78 is 72.5. The Hall–Kier alpha value is -5.00. The number of carbonyl (C=O) groups is 2. The fourth-order valence-corrected chi connectivity index (χ4v) is 5.50. The zero-order chi connectivity index (χ0) is 33.8. The SMILES string of the molecule is C=CC(=O)N1CCC(c2c(C(N)=O)ccc(Nc3ncc(C(F)(F)F)c(NCc4nccnc4N(C)S(C)(=O)=O)n3)c2OC)CC1. The van der Waals surface area contributed by atoms with Gasteiger partial charge in [0, 0.05) is 49.9 Å². The molecule has 0 bridgehead atoms. The largest absolute Gasteiger partial charge is 0.494 e. The van der Waals surface area contributed by atoms with Gasteiger partial charge in [-0.3, -0.25) is 18.9 Å². The summed E-state index contributed by atoms with van der Waals surface area (Å²) >= 11 is 0. The van der Waals surface area contributed by atoms with E-state index in [1.807, 2.05) is 0 Å². The first-order valence-electron chi connectivity index (χ1n) is 13.8. The minimum Gasteiger partial charge on any atom is -0.494 e. The lowest BCUT2D eigenvalue weighted by atomic mass is 9.85. The van der Waals surface area contributed by atoms with E-state index in [-0.39, 0.29) is 52.8 Å². The number of nitrogens with one attached hydrogen (secondary N) is 2. The van der Waals surface area contributed by atoms with E-state index in [2.05, 4.69) is 37.1 Å². The van der Waals surface area contributed by atoms with Gasteiger partial charge in [0.1, 0.15) is 22.8 Å². The highest BCUT2D eigenvalue weighted by molar-refractivity contribution is 7.92. The highest BCUT2D eigenvalue weighted by Crippen LogP contribution is 2.42. The summed E-state index contributed by atoms with van der Waals surface area (Å²) in [7, 11) is -1.13. The molecule has 0 aliphatic carbocycles. The fourth-order valence-electron chi connectivity index (χ4n) is 5.03. The third-order valence-electron chi connectivity index (χ3n) is 7.37. The number of hydrogen-bond acceptors (Lipinski definition) is 11. The second-order valence-electron chi connectivity index (χ2n) is 10.3. The zero-order valence-electron chi connectivity index (χ0n) is 25.1. The summed E-state index contributed by atoms with van der Waals surface area (Å²) in [6, 6.07) is 2.95. The van der Waals surface area contributed by atoms with E-state index in [0.717, 1.165) is 10.6 Å². The molecule has 0 unspecified atom stereocenters. The van der Waals surface area contributed by atoms with Gasteiger partial charge < -0.3 is 26.0 Å². The normalized spacial score (nSPS) is 14.0. The van der Waals surface area contributed by atoms with E-state index in [4.69, 9.17) is 10.5 Å². The number of sulfonamides is 1. The summed E-state index contributed by atoms with van der Waals surface area (Å²) in [6.45, 7) is 3.95. The summed E-state index contributed by atoms with van der Waals surface area (Å²) in [5, 5.41) is 5.45. The Bertz CT molecular complexity index is 1750. The van der Waals surface area contributed by atoms with E-state index in [9.17, 15) is 31.2 Å². The van der Waals surface area contributed by atoms with Crippen LogP contribution in [0.25, 0.3) is 0 Å². The van der Waals surface area contributed by atoms with E-state index >= 15 is 0 Å². The van der Waals surface area contributed by atoms with Crippen molar-refractivity contribution in [3.8, 4) is 5.75 Å². The van der Waals surface area contributed by atoms with Crippen LogP contribution < -0.4 is 25.4 Å². The topological polar surface area (TPSA) is 186 Å². The van der Waals surface area contributed by atoms with Crippen LogP contribution in [0, 0.1) is 0 Å². The van der Waals surface area contributed by atoms with Crippen molar-refractivity contribution in [3.05, 3.63) is 65.8 Å². The molecule has 18 heteroatoms. The van der Waals surface area contributed by atoms with E-state index in [0.29, 0.717) is 37.7 Å². The van der Waals surface area contributed by atoms with Gasteiger partial charge in [-0.05, 0) is 37.0 Å². The van der Waals surface area contributed by atoms with Crippen molar-refractivity contribution in [2.75, 3.05) is 48.4 Å². The van der Waals surface area contributed by atoms with Gasteiger partial charge in [0.05, 0.1) is 25.6 Å². The van der Waals surface area contributed by atoms with Gasteiger partial charge in [0.2, 0.25) is 27.8 Å². The smallest absolute Gasteiger partial charge is 0.421 e. The molecule has 1 aliphatic heterocycles. The van der Waals surface area contributed by atoms with Gasteiger partial charge in [-0.1, -0.05) is 6.58 Å².